The fraction of sp³-hybridized carbons (Fsp3) is 0. The van der Waals surface area contributed by atoms with E-state index in [1.54, 1.807) is 6.07 Å². The Kier molecular flexibility index (Phi) is 3.50. The second-order valence-corrected chi connectivity index (χ2v) is 4.60. The van der Waals surface area contributed by atoms with Gasteiger partial charge in [0.05, 0.1) is 10.6 Å². The first kappa shape index (κ1) is 12.8. The summed E-state index contributed by atoms with van der Waals surface area (Å²) >= 11 is 8.84. The summed E-state index contributed by atoms with van der Waals surface area (Å²) < 4.78 is 19.3. The van der Waals surface area contributed by atoms with E-state index in [1.165, 1.54) is 18.2 Å². The molecule has 0 saturated carbocycles. The average molecular weight is 329 g/mol. The van der Waals surface area contributed by atoms with Gasteiger partial charge < -0.3 is 4.42 Å². The predicted molar refractivity (Wildman–Crippen MR) is 66.9 cm³/mol. The Hall–Kier alpha value is -1.64. The maximum absolute atomic E-state index is 13.7. The van der Waals surface area contributed by atoms with Gasteiger partial charge in [0.1, 0.15) is 17.4 Å². The number of nitrogens with zero attached hydrogens (tertiary/aromatic N) is 1. The van der Waals surface area contributed by atoms with Gasteiger partial charge in [-0.15, -0.1) is 0 Å². The molecule has 1 heterocycles. The Morgan fingerprint density at radius 2 is 2.22 bits per heavy atom. The van der Waals surface area contributed by atoms with Gasteiger partial charge in [0.15, 0.2) is 17.9 Å². The molecule has 18 heavy (non-hydrogen) atoms. The maximum Gasteiger partial charge on any atom is 0.185 e. The van der Waals surface area contributed by atoms with E-state index in [4.69, 9.17) is 21.3 Å². The zero-order valence-electron chi connectivity index (χ0n) is 8.71. The third-order valence-corrected chi connectivity index (χ3v) is 3.17. The van der Waals surface area contributed by atoms with Crippen LogP contribution in [0.4, 0.5) is 4.39 Å². The highest BCUT2D eigenvalue weighted by Crippen LogP contribution is 2.37. The molecule has 0 fully saturated rings. The molecule has 0 saturated heterocycles. The molecular weight excluding hydrogens is 324 g/mol. The number of furan rings is 1. The van der Waals surface area contributed by atoms with Crippen LogP contribution in [0.5, 0.6) is 0 Å². The first-order valence-corrected chi connectivity index (χ1v) is 5.88. The highest BCUT2D eigenvalue weighted by Gasteiger charge is 2.20. The highest BCUT2D eigenvalue weighted by atomic mass is 79.9. The van der Waals surface area contributed by atoms with E-state index in [-0.39, 0.29) is 27.7 Å². The second-order valence-electron chi connectivity index (χ2n) is 3.34. The first-order chi connectivity index (χ1) is 8.58. The molecule has 90 valence electrons. The minimum atomic E-state index is -0.818. The van der Waals surface area contributed by atoms with Crippen LogP contribution < -0.4 is 0 Å². The molecule has 2 rings (SSSR count). The van der Waals surface area contributed by atoms with Gasteiger partial charge in [-0.25, -0.2) is 4.39 Å². The largest absolute Gasteiger partial charge is 0.453 e. The van der Waals surface area contributed by atoms with Crippen LogP contribution in [0, 0.1) is 17.1 Å². The monoisotopic (exact) mass is 327 g/mol. The van der Waals surface area contributed by atoms with Gasteiger partial charge in [-0.3, -0.25) is 4.79 Å². The van der Waals surface area contributed by atoms with E-state index in [2.05, 4.69) is 15.9 Å². The minimum Gasteiger partial charge on any atom is -0.453 e. The van der Waals surface area contributed by atoms with E-state index < -0.39 is 5.82 Å². The summed E-state index contributed by atoms with van der Waals surface area (Å²) in [5.74, 6) is -0.506. The second kappa shape index (κ2) is 4.92. The van der Waals surface area contributed by atoms with E-state index in [9.17, 15) is 9.18 Å². The van der Waals surface area contributed by atoms with Crippen molar-refractivity contribution < 1.29 is 13.6 Å². The lowest BCUT2D eigenvalue weighted by Crippen LogP contribution is -1.92. The van der Waals surface area contributed by atoms with E-state index >= 15 is 0 Å². The van der Waals surface area contributed by atoms with Crippen molar-refractivity contribution >= 4 is 33.8 Å². The number of rotatable bonds is 2. The van der Waals surface area contributed by atoms with Gasteiger partial charge in [-0.2, -0.15) is 5.26 Å². The maximum atomic E-state index is 13.7. The van der Waals surface area contributed by atoms with Gasteiger partial charge >= 0.3 is 0 Å². The van der Waals surface area contributed by atoms with Crippen molar-refractivity contribution in [2.24, 2.45) is 0 Å². The number of nitriles is 1. The summed E-state index contributed by atoms with van der Waals surface area (Å²) in [6.45, 7) is 0. The SMILES string of the molecule is N#Cc1c(F)c(Cl)cc(Br)c1-c1ccc(C=O)o1. The molecule has 0 unspecified atom stereocenters. The van der Waals surface area contributed by atoms with E-state index in [0.29, 0.717) is 10.8 Å². The highest BCUT2D eigenvalue weighted by molar-refractivity contribution is 9.10. The molecule has 3 nitrogen and oxygen atoms in total. The Morgan fingerprint density at radius 1 is 1.50 bits per heavy atom. The van der Waals surface area contributed by atoms with Crippen molar-refractivity contribution in [2.45, 2.75) is 0 Å². The Labute approximate surface area is 115 Å². The summed E-state index contributed by atoms with van der Waals surface area (Å²) in [5.41, 5.74) is -0.00586. The molecule has 6 heteroatoms. The number of carbonyl (C=O) groups is 1. The van der Waals surface area contributed by atoms with Crippen molar-refractivity contribution in [3.8, 4) is 17.4 Å². The Balaban J connectivity index is 2.74. The van der Waals surface area contributed by atoms with Crippen LogP contribution in [0.15, 0.2) is 27.1 Å². The van der Waals surface area contributed by atoms with Gasteiger partial charge in [0.25, 0.3) is 0 Å². The van der Waals surface area contributed by atoms with Crippen molar-refractivity contribution in [1.29, 1.82) is 5.26 Å². The fourth-order valence-electron chi connectivity index (χ4n) is 1.49. The van der Waals surface area contributed by atoms with Crippen molar-refractivity contribution in [2.75, 3.05) is 0 Å². The molecule has 0 spiro atoms. The predicted octanol–water partition coefficient (Wildman–Crippen LogP) is 4.19. The first-order valence-electron chi connectivity index (χ1n) is 4.71. The van der Waals surface area contributed by atoms with Gasteiger partial charge in [0, 0.05) is 4.47 Å². The summed E-state index contributed by atoms with van der Waals surface area (Å²) in [6, 6.07) is 5.98. The molecule has 0 bridgehead atoms. The lowest BCUT2D eigenvalue weighted by molar-refractivity contribution is 0.110. The smallest absolute Gasteiger partial charge is 0.185 e. The zero-order chi connectivity index (χ0) is 13.3. The number of hydrogen-bond acceptors (Lipinski definition) is 3. The minimum absolute atomic E-state index is 0.0937. The quantitative estimate of drug-likeness (QED) is 0.613. The molecule has 0 aliphatic carbocycles. The molecule has 0 radical (unpaired) electrons. The lowest BCUT2D eigenvalue weighted by atomic mass is 10.1. The molecule has 2 aromatic rings. The van der Waals surface area contributed by atoms with Crippen LogP contribution in [0.3, 0.4) is 0 Å². The number of hydrogen-bond donors (Lipinski definition) is 0. The summed E-state index contributed by atoms with van der Waals surface area (Å²) in [7, 11) is 0. The standard InChI is InChI=1S/C12H4BrClFNO2/c13-8-3-9(14)12(15)7(4-16)11(8)10-2-1-6(5-17)18-10/h1-3,5H. The molecule has 0 aliphatic heterocycles. The summed E-state index contributed by atoms with van der Waals surface area (Å²) in [5, 5.41) is 8.83. The van der Waals surface area contributed by atoms with Gasteiger partial charge in [-0.1, -0.05) is 11.6 Å². The van der Waals surface area contributed by atoms with Crippen molar-refractivity contribution in [3.63, 3.8) is 0 Å². The van der Waals surface area contributed by atoms with Gasteiger partial charge in [0.2, 0.25) is 0 Å². The van der Waals surface area contributed by atoms with Crippen LogP contribution in [-0.4, -0.2) is 6.29 Å². The summed E-state index contributed by atoms with van der Waals surface area (Å²) in [6.07, 6.45) is 0.524. The molecule has 1 aromatic carbocycles. The summed E-state index contributed by atoms with van der Waals surface area (Å²) in [4.78, 5) is 10.5. The normalized spacial score (nSPS) is 10.1. The fourth-order valence-corrected chi connectivity index (χ4v) is 2.45. The third-order valence-electron chi connectivity index (χ3n) is 2.27. The number of halogens is 3. The molecule has 0 N–H and O–H groups in total. The van der Waals surface area contributed by atoms with Crippen LogP contribution in [0.25, 0.3) is 11.3 Å². The molecule has 1 aromatic heterocycles. The molecule has 0 aliphatic rings. The molecule has 0 amide bonds. The van der Waals surface area contributed by atoms with Crippen molar-refractivity contribution in [1.82, 2.24) is 0 Å². The van der Waals surface area contributed by atoms with Crippen LogP contribution >= 0.6 is 27.5 Å². The third kappa shape index (κ3) is 2.05. The number of carbonyl (C=O) groups excluding carboxylic acids is 1. The Morgan fingerprint density at radius 3 is 2.78 bits per heavy atom. The van der Waals surface area contributed by atoms with Crippen LogP contribution in [0.2, 0.25) is 5.02 Å². The zero-order valence-corrected chi connectivity index (χ0v) is 11.0. The Bertz CT molecular complexity index is 675. The van der Waals surface area contributed by atoms with Gasteiger partial charge in [-0.05, 0) is 34.1 Å². The van der Waals surface area contributed by atoms with E-state index in [1.807, 2.05) is 0 Å². The molecule has 0 atom stereocenters. The molecular formula is C12H4BrClFNO2. The van der Waals surface area contributed by atoms with Crippen LogP contribution in [0.1, 0.15) is 16.1 Å². The van der Waals surface area contributed by atoms with E-state index in [0.717, 1.165) is 0 Å². The average Bonchev–Trinajstić information content (AvgIpc) is 2.81. The lowest BCUT2D eigenvalue weighted by Gasteiger charge is -2.06. The number of aldehydes is 1. The van der Waals surface area contributed by atoms with Crippen LogP contribution in [-0.2, 0) is 0 Å². The topological polar surface area (TPSA) is 54.0 Å². The van der Waals surface area contributed by atoms with Crippen molar-refractivity contribution in [3.05, 3.63) is 44.8 Å². The number of benzene rings is 1.